The fraction of sp³-hybridized carbons (Fsp3) is 0.364. The lowest BCUT2D eigenvalue weighted by Crippen LogP contribution is -2.30. The van der Waals surface area contributed by atoms with Crippen LogP contribution in [0.4, 0.5) is 14.7 Å². The number of benzene rings is 1. The van der Waals surface area contributed by atoms with Crippen LogP contribution in [0, 0.1) is 11.6 Å². The fourth-order valence-corrected chi connectivity index (χ4v) is 3.71. The van der Waals surface area contributed by atoms with Gasteiger partial charge in [-0.1, -0.05) is 6.92 Å². The molecule has 7 nitrogen and oxygen atoms in total. The number of methoxy groups -OCH3 is 1. The largest absolute Gasteiger partial charge is 0.493 e. The third kappa shape index (κ3) is 4.61. The topological polar surface area (TPSA) is 74.6 Å². The van der Waals surface area contributed by atoms with Crippen molar-refractivity contribution in [2.24, 2.45) is 0 Å². The minimum atomic E-state index is -0.682. The molecular weight excluding hydrogens is 408 g/mol. The van der Waals surface area contributed by atoms with Gasteiger partial charge in [-0.05, 0) is 29.7 Å². The molecular formula is C22H23F2N3O4. The molecule has 0 radical (unpaired) electrons. The minimum absolute atomic E-state index is 0.0261. The fourth-order valence-electron chi connectivity index (χ4n) is 3.71. The van der Waals surface area contributed by atoms with Gasteiger partial charge in [-0.2, -0.15) is 4.98 Å². The first-order valence-corrected chi connectivity index (χ1v) is 10.0. The third-order valence-corrected chi connectivity index (χ3v) is 5.22. The summed E-state index contributed by atoms with van der Waals surface area (Å²) in [6.07, 6.45) is 4.64. The quantitative estimate of drug-likeness (QED) is 0.756. The van der Waals surface area contributed by atoms with Crippen molar-refractivity contribution in [3.8, 4) is 5.75 Å². The molecule has 1 unspecified atom stereocenters. The number of anilines is 1. The van der Waals surface area contributed by atoms with E-state index in [2.05, 4.69) is 10.3 Å². The highest BCUT2D eigenvalue weighted by atomic mass is 19.1. The molecule has 1 aromatic heterocycles. The molecule has 4 rings (SSSR count). The lowest BCUT2D eigenvalue weighted by atomic mass is 9.96. The van der Waals surface area contributed by atoms with Crippen LogP contribution < -0.4 is 15.6 Å². The summed E-state index contributed by atoms with van der Waals surface area (Å²) in [5.41, 5.74) is 1.68. The summed E-state index contributed by atoms with van der Waals surface area (Å²) in [6.45, 7) is 3.14. The molecule has 2 heterocycles. The van der Waals surface area contributed by atoms with Crippen LogP contribution in [0.2, 0.25) is 0 Å². The minimum Gasteiger partial charge on any atom is -0.493 e. The number of nitrogens with zero attached hydrogens (tertiary/aromatic N) is 2. The molecule has 31 heavy (non-hydrogen) atoms. The van der Waals surface area contributed by atoms with E-state index in [0.29, 0.717) is 25.2 Å². The highest BCUT2D eigenvalue weighted by Gasteiger charge is 2.28. The number of ether oxygens (including phenoxy) is 3. The maximum Gasteiger partial charge on any atom is 0.316 e. The van der Waals surface area contributed by atoms with Crippen molar-refractivity contribution in [3.05, 3.63) is 75.1 Å². The van der Waals surface area contributed by atoms with Crippen molar-refractivity contribution in [3.63, 3.8) is 0 Å². The summed E-state index contributed by atoms with van der Waals surface area (Å²) in [6, 6.07) is 3.27. The van der Waals surface area contributed by atoms with Gasteiger partial charge in [-0.25, -0.2) is 8.78 Å². The first-order valence-electron chi connectivity index (χ1n) is 10.0. The number of hydrogen-bond acceptors (Lipinski definition) is 6. The van der Waals surface area contributed by atoms with E-state index in [1.807, 2.05) is 13.0 Å². The molecule has 1 atom stereocenters. The van der Waals surface area contributed by atoms with Crippen LogP contribution >= 0.6 is 0 Å². The summed E-state index contributed by atoms with van der Waals surface area (Å²) in [5.74, 6) is -0.389. The summed E-state index contributed by atoms with van der Waals surface area (Å²) < 4.78 is 45.5. The molecule has 1 fully saturated rings. The number of nitrogens with one attached hydrogen (secondary N) is 1. The van der Waals surface area contributed by atoms with Crippen LogP contribution in [0.1, 0.15) is 25.3 Å². The van der Waals surface area contributed by atoms with E-state index in [1.54, 1.807) is 4.57 Å². The van der Waals surface area contributed by atoms with Crippen LogP contribution in [0.3, 0.4) is 0 Å². The second-order valence-corrected chi connectivity index (χ2v) is 7.30. The Morgan fingerprint density at radius 1 is 1.26 bits per heavy atom. The molecule has 0 amide bonds. The Morgan fingerprint density at radius 2 is 2.03 bits per heavy atom. The van der Waals surface area contributed by atoms with E-state index in [0.717, 1.165) is 29.5 Å². The SMILES string of the molecule is CCC1=C(Nc2nc(=O)c(OC)cn2Cc2cc(F)cc(F)c2)C=C2OCCOC2C1. The van der Waals surface area contributed by atoms with Gasteiger partial charge in [0.1, 0.15) is 30.1 Å². The smallest absolute Gasteiger partial charge is 0.316 e. The first-order chi connectivity index (χ1) is 15.0. The number of hydrogen-bond donors (Lipinski definition) is 1. The maximum absolute atomic E-state index is 13.7. The van der Waals surface area contributed by atoms with E-state index < -0.39 is 17.2 Å². The molecule has 2 aromatic rings. The van der Waals surface area contributed by atoms with Crippen LogP contribution in [-0.4, -0.2) is 36.0 Å². The Bertz CT molecular complexity index is 1090. The molecule has 1 aliphatic heterocycles. The van der Waals surface area contributed by atoms with Crippen LogP contribution in [0.15, 0.2) is 52.3 Å². The second-order valence-electron chi connectivity index (χ2n) is 7.30. The number of halogens is 2. The van der Waals surface area contributed by atoms with Crippen molar-refractivity contribution >= 4 is 5.95 Å². The standard InChI is InChI=1S/C22H23F2N3O4/c1-3-14-8-18-19(31-5-4-30-18)10-17(14)25-22-26-21(28)20(29-2)12-27(22)11-13-6-15(23)9-16(24)7-13/h6-7,9-10,12,18H,3-5,8,11H2,1-2H3,(H,25,26,28). The summed E-state index contributed by atoms with van der Waals surface area (Å²) in [4.78, 5) is 16.4. The Kier molecular flexibility index (Phi) is 6.03. The molecule has 1 aromatic carbocycles. The molecule has 0 saturated carbocycles. The molecule has 1 aliphatic carbocycles. The van der Waals surface area contributed by atoms with E-state index in [4.69, 9.17) is 14.2 Å². The first kappa shape index (κ1) is 21.0. The van der Waals surface area contributed by atoms with E-state index in [1.165, 1.54) is 25.4 Å². The predicted molar refractivity (Wildman–Crippen MR) is 110 cm³/mol. The zero-order valence-corrected chi connectivity index (χ0v) is 17.3. The average Bonchev–Trinajstić information content (AvgIpc) is 2.74. The summed E-state index contributed by atoms with van der Waals surface area (Å²) >= 11 is 0. The number of fused-ring (bicyclic) bond motifs is 1. The summed E-state index contributed by atoms with van der Waals surface area (Å²) in [5, 5.41) is 3.20. The normalized spacial score (nSPS) is 18.2. The van der Waals surface area contributed by atoms with E-state index in [-0.39, 0.29) is 24.3 Å². The van der Waals surface area contributed by atoms with Gasteiger partial charge in [-0.15, -0.1) is 0 Å². The molecule has 1 saturated heterocycles. The second kappa shape index (κ2) is 8.89. The molecule has 0 bridgehead atoms. The van der Waals surface area contributed by atoms with Gasteiger partial charge < -0.3 is 24.1 Å². The molecule has 1 N–H and O–H groups in total. The zero-order valence-electron chi connectivity index (χ0n) is 17.3. The van der Waals surface area contributed by atoms with Crippen molar-refractivity contribution < 1.29 is 23.0 Å². The van der Waals surface area contributed by atoms with Gasteiger partial charge in [0.25, 0.3) is 0 Å². The average molecular weight is 431 g/mol. The highest BCUT2D eigenvalue weighted by Crippen LogP contribution is 2.31. The zero-order chi connectivity index (χ0) is 22.0. The third-order valence-electron chi connectivity index (χ3n) is 5.22. The van der Waals surface area contributed by atoms with Gasteiger partial charge in [-0.3, -0.25) is 4.79 Å². The number of rotatable bonds is 6. The van der Waals surface area contributed by atoms with E-state index >= 15 is 0 Å². The number of allylic oxidation sites excluding steroid dienone is 1. The van der Waals surface area contributed by atoms with Crippen molar-refractivity contribution in [1.29, 1.82) is 0 Å². The molecule has 0 spiro atoms. The van der Waals surface area contributed by atoms with Crippen molar-refractivity contribution in [2.45, 2.75) is 32.4 Å². The Hall–Kier alpha value is -3.20. The van der Waals surface area contributed by atoms with Gasteiger partial charge in [0, 0.05) is 24.3 Å². The van der Waals surface area contributed by atoms with Gasteiger partial charge in [0.05, 0.1) is 26.5 Å². The van der Waals surface area contributed by atoms with Gasteiger partial charge >= 0.3 is 5.56 Å². The Balaban J connectivity index is 1.71. The van der Waals surface area contributed by atoms with Crippen LogP contribution in [0.5, 0.6) is 5.75 Å². The van der Waals surface area contributed by atoms with Gasteiger partial charge in [0.2, 0.25) is 11.7 Å². The molecule has 2 aliphatic rings. The van der Waals surface area contributed by atoms with Gasteiger partial charge in [0.15, 0.2) is 0 Å². The van der Waals surface area contributed by atoms with Crippen molar-refractivity contribution in [2.75, 3.05) is 25.6 Å². The highest BCUT2D eigenvalue weighted by molar-refractivity contribution is 5.47. The lowest BCUT2D eigenvalue weighted by molar-refractivity contribution is -0.0431. The van der Waals surface area contributed by atoms with Crippen LogP contribution in [-0.2, 0) is 16.0 Å². The number of aromatic nitrogens is 2. The Labute approximate surface area is 178 Å². The van der Waals surface area contributed by atoms with Crippen molar-refractivity contribution in [1.82, 2.24) is 9.55 Å². The summed E-state index contributed by atoms with van der Waals surface area (Å²) in [7, 11) is 1.36. The van der Waals surface area contributed by atoms with Crippen LogP contribution in [0.25, 0.3) is 0 Å². The Morgan fingerprint density at radius 3 is 2.74 bits per heavy atom. The monoisotopic (exact) mass is 431 g/mol. The predicted octanol–water partition coefficient (Wildman–Crippen LogP) is 3.36. The lowest BCUT2D eigenvalue weighted by Gasteiger charge is -2.31. The maximum atomic E-state index is 13.7. The molecule has 164 valence electrons. The van der Waals surface area contributed by atoms with E-state index in [9.17, 15) is 13.6 Å². The molecule has 9 heteroatoms.